The van der Waals surface area contributed by atoms with Crippen LogP contribution in [0.5, 0.6) is 0 Å². The summed E-state index contributed by atoms with van der Waals surface area (Å²) in [5.74, 6) is 0.00219. The number of aliphatic carboxylic acids is 1. The molecule has 0 bridgehead atoms. The van der Waals surface area contributed by atoms with E-state index in [9.17, 15) is 9.59 Å². The molecule has 1 aliphatic heterocycles. The van der Waals surface area contributed by atoms with Crippen LogP contribution in [0.1, 0.15) is 40.0 Å². The second kappa shape index (κ2) is 7.48. The van der Waals surface area contributed by atoms with Crippen molar-refractivity contribution in [3.63, 3.8) is 0 Å². The highest BCUT2D eigenvalue weighted by Gasteiger charge is 2.29. The second-order valence-corrected chi connectivity index (χ2v) is 6.04. The normalized spacial score (nSPS) is 24.4. The third kappa shape index (κ3) is 5.59. The Balaban J connectivity index is 2.41. The lowest BCUT2D eigenvalue weighted by Gasteiger charge is -2.20. The molecule has 1 saturated heterocycles. The van der Waals surface area contributed by atoms with Gasteiger partial charge >= 0.3 is 5.97 Å². The van der Waals surface area contributed by atoms with Crippen molar-refractivity contribution in [2.24, 2.45) is 17.8 Å². The number of carbonyl (C=O) groups is 2. The zero-order valence-corrected chi connectivity index (χ0v) is 12.1. The van der Waals surface area contributed by atoms with Gasteiger partial charge in [0.15, 0.2) is 0 Å². The van der Waals surface area contributed by atoms with E-state index in [1.165, 1.54) is 0 Å². The minimum Gasteiger partial charge on any atom is -0.481 e. The highest BCUT2D eigenvalue weighted by Crippen LogP contribution is 2.17. The van der Waals surface area contributed by atoms with E-state index in [0.29, 0.717) is 18.4 Å². The average Bonchev–Trinajstić information content (AvgIpc) is 2.70. The van der Waals surface area contributed by atoms with E-state index in [-0.39, 0.29) is 24.3 Å². The van der Waals surface area contributed by atoms with Gasteiger partial charge in [-0.25, -0.2) is 0 Å². The van der Waals surface area contributed by atoms with Gasteiger partial charge in [-0.2, -0.15) is 0 Å². The van der Waals surface area contributed by atoms with Crippen LogP contribution in [-0.4, -0.2) is 36.1 Å². The van der Waals surface area contributed by atoms with Crippen molar-refractivity contribution in [1.29, 1.82) is 0 Å². The molecule has 0 aliphatic carbocycles. The molecule has 0 saturated carbocycles. The first-order valence-electron chi connectivity index (χ1n) is 7.13. The predicted octanol–water partition coefficient (Wildman–Crippen LogP) is 1.24. The van der Waals surface area contributed by atoms with Crippen LogP contribution in [0.4, 0.5) is 0 Å². The van der Waals surface area contributed by atoms with E-state index in [1.807, 2.05) is 0 Å². The molecule has 19 heavy (non-hydrogen) atoms. The van der Waals surface area contributed by atoms with E-state index >= 15 is 0 Å². The van der Waals surface area contributed by atoms with Crippen molar-refractivity contribution in [2.75, 3.05) is 13.1 Å². The lowest BCUT2D eigenvalue weighted by Crippen LogP contribution is -2.45. The zero-order valence-electron chi connectivity index (χ0n) is 12.1. The molecule has 5 heteroatoms. The Morgan fingerprint density at radius 2 is 2.11 bits per heavy atom. The fraction of sp³-hybridized carbons (Fsp3) is 0.857. The van der Waals surface area contributed by atoms with Crippen LogP contribution in [0, 0.1) is 17.8 Å². The van der Waals surface area contributed by atoms with Crippen molar-refractivity contribution in [2.45, 2.75) is 46.1 Å². The van der Waals surface area contributed by atoms with Gasteiger partial charge in [-0.05, 0) is 37.1 Å². The summed E-state index contributed by atoms with van der Waals surface area (Å²) in [6.45, 7) is 7.53. The number of carboxylic acids is 1. The molecular formula is C14H26N2O3. The van der Waals surface area contributed by atoms with E-state index in [0.717, 1.165) is 19.4 Å². The lowest BCUT2D eigenvalue weighted by molar-refractivity contribution is -0.138. The minimum absolute atomic E-state index is 0.00384. The van der Waals surface area contributed by atoms with Crippen LogP contribution >= 0.6 is 0 Å². The first kappa shape index (κ1) is 16.0. The van der Waals surface area contributed by atoms with Gasteiger partial charge in [0.25, 0.3) is 0 Å². The average molecular weight is 270 g/mol. The molecule has 3 unspecified atom stereocenters. The molecular weight excluding hydrogens is 244 g/mol. The third-order valence-electron chi connectivity index (χ3n) is 3.65. The molecule has 1 amide bonds. The summed E-state index contributed by atoms with van der Waals surface area (Å²) in [7, 11) is 0. The van der Waals surface area contributed by atoms with Crippen molar-refractivity contribution < 1.29 is 14.7 Å². The molecule has 1 heterocycles. The SMILES string of the molecule is CC(C)CC(CNC(=O)C1NCCC1C)CC(=O)O. The number of carboxylic acid groups (broad SMARTS) is 1. The van der Waals surface area contributed by atoms with Crippen molar-refractivity contribution in [1.82, 2.24) is 10.6 Å². The largest absolute Gasteiger partial charge is 0.481 e. The van der Waals surface area contributed by atoms with Crippen molar-refractivity contribution >= 4 is 11.9 Å². The van der Waals surface area contributed by atoms with Gasteiger partial charge in [-0.3, -0.25) is 9.59 Å². The summed E-state index contributed by atoms with van der Waals surface area (Å²) < 4.78 is 0. The predicted molar refractivity (Wildman–Crippen MR) is 73.8 cm³/mol. The molecule has 3 N–H and O–H groups in total. The Labute approximate surface area is 115 Å². The molecule has 1 rings (SSSR count). The highest BCUT2D eigenvalue weighted by atomic mass is 16.4. The molecule has 5 nitrogen and oxygen atoms in total. The fourth-order valence-electron chi connectivity index (χ4n) is 2.69. The maximum Gasteiger partial charge on any atom is 0.303 e. The zero-order chi connectivity index (χ0) is 14.4. The maximum absolute atomic E-state index is 12.0. The Kier molecular flexibility index (Phi) is 6.28. The van der Waals surface area contributed by atoms with Crippen LogP contribution in [-0.2, 0) is 9.59 Å². The number of amides is 1. The van der Waals surface area contributed by atoms with Gasteiger partial charge in [0, 0.05) is 13.0 Å². The lowest BCUT2D eigenvalue weighted by atomic mass is 9.94. The molecule has 0 aromatic heterocycles. The smallest absolute Gasteiger partial charge is 0.303 e. The molecule has 0 radical (unpaired) electrons. The van der Waals surface area contributed by atoms with Crippen LogP contribution in [0.15, 0.2) is 0 Å². The van der Waals surface area contributed by atoms with Gasteiger partial charge in [0.2, 0.25) is 5.91 Å². The summed E-state index contributed by atoms with van der Waals surface area (Å²) in [6, 6.07) is -0.121. The first-order valence-corrected chi connectivity index (χ1v) is 7.13. The van der Waals surface area contributed by atoms with Crippen molar-refractivity contribution in [3.05, 3.63) is 0 Å². The van der Waals surface area contributed by atoms with Gasteiger partial charge < -0.3 is 15.7 Å². The molecule has 1 aliphatic rings. The minimum atomic E-state index is -0.799. The number of hydrogen-bond acceptors (Lipinski definition) is 3. The topological polar surface area (TPSA) is 78.4 Å². The molecule has 1 fully saturated rings. The standard InChI is InChI=1S/C14H26N2O3/c1-9(2)6-11(7-12(17)18)8-16-14(19)13-10(3)4-5-15-13/h9-11,13,15H,4-8H2,1-3H3,(H,16,19)(H,17,18). The Bertz CT molecular complexity index is 318. The van der Waals surface area contributed by atoms with E-state index < -0.39 is 5.97 Å². The van der Waals surface area contributed by atoms with Gasteiger partial charge in [-0.15, -0.1) is 0 Å². The van der Waals surface area contributed by atoms with Crippen LogP contribution in [0.25, 0.3) is 0 Å². The number of rotatable bonds is 7. The molecule has 0 aromatic rings. The quantitative estimate of drug-likeness (QED) is 0.650. The highest BCUT2D eigenvalue weighted by molar-refractivity contribution is 5.82. The number of carbonyl (C=O) groups excluding carboxylic acids is 1. The van der Waals surface area contributed by atoms with E-state index in [4.69, 9.17) is 5.11 Å². The molecule has 0 aromatic carbocycles. The van der Waals surface area contributed by atoms with Crippen LogP contribution in [0.3, 0.4) is 0 Å². The molecule has 0 spiro atoms. The first-order chi connectivity index (χ1) is 8.90. The third-order valence-corrected chi connectivity index (χ3v) is 3.65. The Morgan fingerprint density at radius 3 is 2.58 bits per heavy atom. The monoisotopic (exact) mass is 270 g/mol. The molecule has 110 valence electrons. The molecule has 3 atom stereocenters. The number of hydrogen-bond donors (Lipinski definition) is 3. The van der Waals surface area contributed by atoms with Crippen molar-refractivity contribution in [3.8, 4) is 0 Å². The summed E-state index contributed by atoms with van der Waals surface area (Å²) in [6.07, 6.45) is 1.95. The number of nitrogens with one attached hydrogen (secondary N) is 2. The van der Waals surface area contributed by atoms with E-state index in [1.54, 1.807) is 0 Å². The van der Waals surface area contributed by atoms with E-state index in [2.05, 4.69) is 31.4 Å². The summed E-state index contributed by atoms with van der Waals surface area (Å²) in [4.78, 5) is 22.8. The second-order valence-electron chi connectivity index (χ2n) is 6.04. The summed E-state index contributed by atoms with van der Waals surface area (Å²) in [5.41, 5.74) is 0. The summed E-state index contributed by atoms with van der Waals surface area (Å²) >= 11 is 0. The van der Waals surface area contributed by atoms with Crippen LogP contribution < -0.4 is 10.6 Å². The Morgan fingerprint density at radius 1 is 1.42 bits per heavy atom. The summed E-state index contributed by atoms with van der Waals surface area (Å²) in [5, 5.41) is 15.0. The Hall–Kier alpha value is -1.10. The maximum atomic E-state index is 12.0. The van der Waals surface area contributed by atoms with Gasteiger partial charge in [0.05, 0.1) is 6.04 Å². The van der Waals surface area contributed by atoms with Crippen LogP contribution in [0.2, 0.25) is 0 Å². The van der Waals surface area contributed by atoms with Gasteiger partial charge in [-0.1, -0.05) is 20.8 Å². The van der Waals surface area contributed by atoms with Gasteiger partial charge in [0.1, 0.15) is 0 Å². The fourth-order valence-corrected chi connectivity index (χ4v) is 2.69.